The zero-order valence-electron chi connectivity index (χ0n) is 52.0. The summed E-state index contributed by atoms with van der Waals surface area (Å²) in [5.41, 5.74) is 9.69. The van der Waals surface area contributed by atoms with Crippen LogP contribution >= 0.6 is 45.3 Å². The standard InChI is InChI=1S/C91H39NS4/c1-4-6-8-10-12-22-18-19-93-87(22)26-16-14-24(94-26)25-15-17-27(95-25)88-23(13-11-9-7-5-2)20-28(96-88)89-91-85-79-73-63-51-43-35-31-29-30-33-37(35)45(51)55-49-41(33)42-34(30)38-36-32(29)40-39(31)47-53(43)61-67-57(47)58-48(40)54-44(36)52-46(38)56-50(42)60-59(49)71(65(55)73)81(85)82-72(60)66(56)74-64(52)70-62(54)68(58)76-75(67)83(77(79)69(61)63)90(91,21-92(89)3)84(76)78(70)80(74)86(82)91/h14-20,89H,4-13,21H2,1-3H3. The van der Waals surface area contributed by atoms with E-state index in [1.807, 2.05) is 22.7 Å². The molecule has 0 saturated carbocycles. The lowest BCUT2D eigenvalue weighted by Gasteiger charge is -2.52. The first-order chi connectivity index (χ1) is 47.6. The Balaban J connectivity index is 0.761. The first-order valence-corrected chi connectivity index (χ1v) is 39.8. The van der Waals surface area contributed by atoms with Gasteiger partial charge in [-0.1, -0.05) is 52.4 Å². The van der Waals surface area contributed by atoms with Gasteiger partial charge in [-0.2, -0.15) is 0 Å². The van der Waals surface area contributed by atoms with Gasteiger partial charge in [0.15, 0.2) is 0 Å². The molecule has 37 rings (SSSR count). The number of hydrogen-bond acceptors (Lipinski definition) is 5. The first kappa shape index (κ1) is 43.4. The molecule has 4 aromatic heterocycles. The largest absolute Gasteiger partial charge is 0.296 e. The maximum absolute atomic E-state index is 3.07. The minimum Gasteiger partial charge on any atom is -0.296 e. The molecule has 5 heterocycles. The van der Waals surface area contributed by atoms with Crippen LogP contribution in [0.3, 0.4) is 0 Å². The summed E-state index contributed by atoms with van der Waals surface area (Å²) in [5, 5.41) is 93.3. The Bertz CT molecular complexity index is 8630. The van der Waals surface area contributed by atoms with Gasteiger partial charge in [0.25, 0.3) is 0 Å². The molecule has 432 valence electrons. The molecule has 2 spiro atoms. The highest BCUT2D eigenvalue weighted by Gasteiger charge is 2.76. The third-order valence-electron chi connectivity index (χ3n) is 31.2. The van der Waals surface area contributed by atoms with Crippen LogP contribution in [0.25, 0.3) is 320 Å². The molecular weight excluding hydrogens is 1240 g/mol. The highest BCUT2D eigenvalue weighted by atomic mass is 32.1. The van der Waals surface area contributed by atoms with Gasteiger partial charge in [0.05, 0.1) is 16.9 Å². The van der Waals surface area contributed by atoms with Crippen LogP contribution in [-0.2, 0) is 23.7 Å². The van der Waals surface area contributed by atoms with Gasteiger partial charge in [-0.05, 0) is 399 Å². The fraction of sp³-hybridized carbons (Fsp3) is 0.187. The molecule has 28 aromatic carbocycles. The summed E-state index contributed by atoms with van der Waals surface area (Å²) in [6.45, 7) is 5.76. The van der Waals surface area contributed by atoms with Crippen LogP contribution in [0, 0.1) is 0 Å². The van der Waals surface area contributed by atoms with Crippen molar-refractivity contribution in [1.82, 2.24) is 4.90 Å². The molecular formula is C91H39NS4. The van der Waals surface area contributed by atoms with E-state index in [4.69, 9.17) is 0 Å². The summed E-state index contributed by atoms with van der Waals surface area (Å²) in [6, 6.07) is 15.4. The van der Waals surface area contributed by atoms with Gasteiger partial charge < -0.3 is 0 Å². The number of benzene rings is 18. The molecule has 0 bridgehead atoms. The summed E-state index contributed by atoms with van der Waals surface area (Å²) in [6.07, 6.45) is 12.7. The zero-order chi connectivity index (χ0) is 59.4. The molecule has 1 fully saturated rings. The van der Waals surface area contributed by atoms with Gasteiger partial charge in [0.2, 0.25) is 0 Å². The smallest absolute Gasteiger partial charge is 0.0591 e. The van der Waals surface area contributed by atoms with Crippen molar-refractivity contribution in [2.24, 2.45) is 0 Å². The number of unbranched alkanes of at least 4 members (excludes halogenated alkanes) is 6. The van der Waals surface area contributed by atoms with Gasteiger partial charge in [0.1, 0.15) is 0 Å². The van der Waals surface area contributed by atoms with Gasteiger partial charge in [-0.15, -0.1) is 45.3 Å². The first-order valence-electron chi connectivity index (χ1n) is 36.5. The average molecular weight is 1270 g/mol. The van der Waals surface area contributed by atoms with Crippen molar-refractivity contribution in [2.75, 3.05) is 13.6 Å². The number of nitrogens with zero attached hydrogens (tertiary/aromatic N) is 1. The van der Waals surface area contributed by atoms with Gasteiger partial charge in [-0.3, -0.25) is 4.90 Å². The monoisotopic (exact) mass is 1270 g/mol. The van der Waals surface area contributed by atoms with E-state index in [1.54, 1.807) is 334 Å². The molecule has 0 amide bonds. The average Bonchev–Trinajstić information content (AvgIpc) is 1.38. The molecule has 1 unspecified atom stereocenters. The highest BCUT2D eigenvalue weighted by Crippen LogP contribution is 2.87. The van der Waals surface area contributed by atoms with E-state index in [1.165, 1.54) is 82.2 Å². The van der Waals surface area contributed by atoms with E-state index in [0.29, 0.717) is 0 Å². The zero-order valence-corrected chi connectivity index (χ0v) is 55.2. The number of aryl methyl sites for hydroxylation is 2. The number of thiophene rings is 4. The lowest BCUT2D eigenvalue weighted by atomic mass is 9.48. The SMILES string of the molecule is CCCCCCc1ccsc1-c1ccc(-c2ccc(-c3sc(C4N(C)CC56c7c8c9c%10c%11c%12c(c%13c%14c5c5c7c7c%15c8c8c9c9c%11c%11c%16c%12c%12c%13c%13c%14c%14c5c5c7c7c%15c%15c8c8c9c%11c9c%11c%16c%12c%12c%13c%13c%14c5c5c7c7c%15c8c9c8c%11c%12c%13c5c78)C%1046)cc3CCCCCC)s2)s1. The molecule has 96 heavy (non-hydrogen) atoms. The number of likely N-dealkylation sites (N-methyl/N-ethyl adjacent to an activating group) is 1. The van der Waals surface area contributed by atoms with Gasteiger partial charge in [0, 0.05) is 40.7 Å². The number of rotatable bonds is 14. The van der Waals surface area contributed by atoms with E-state index in [9.17, 15) is 0 Å². The van der Waals surface area contributed by atoms with Crippen LogP contribution < -0.4 is 0 Å². The van der Waals surface area contributed by atoms with Crippen LogP contribution in [-0.4, -0.2) is 18.5 Å². The molecule has 5 heteroatoms. The third-order valence-corrected chi connectivity index (χ3v) is 36.2. The lowest BCUT2D eigenvalue weighted by molar-refractivity contribution is 0.276. The Morgan fingerprint density at radius 3 is 0.938 bits per heavy atom. The normalized spacial score (nSPS) is 20.8. The Morgan fingerprint density at radius 2 is 0.604 bits per heavy atom. The van der Waals surface area contributed by atoms with Crippen LogP contribution in [0.1, 0.15) is 110 Å². The third kappa shape index (κ3) is 3.02. The van der Waals surface area contributed by atoms with Crippen molar-refractivity contribution in [3.63, 3.8) is 0 Å². The van der Waals surface area contributed by atoms with E-state index in [-0.39, 0.29) is 16.9 Å². The molecule has 4 aliphatic carbocycles. The molecule has 0 N–H and O–H groups in total. The van der Waals surface area contributed by atoms with Crippen LogP contribution in [0.4, 0.5) is 0 Å². The van der Waals surface area contributed by atoms with E-state index < -0.39 is 0 Å². The van der Waals surface area contributed by atoms with Gasteiger partial charge >= 0.3 is 0 Å². The van der Waals surface area contributed by atoms with Crippen molar-refractivity contribution in [2.45, 2.75) is 94.9 Å². The predicted molar refractivity (Wildman–Crippen MR) is 419 cm³/mol. The van der Waals surface area contributed by atoms with Crippen molar-refractivity contribution in [3.8, 4) is 29.3 Å². The second-order valence-corrected chi connectivity index (χ2v) is 37.7. The van der Waals surface area contributed by atoms with Crippen molar-refractivity contribution in [1.29, 1.82) is 0 Å². The molecule has 1 aliphatic heterocycles. The molecule has 0 radical (unpaired) electrons. The Kier molecular flexibility index (Phi) is 5.25. The molecule has 32 aromatic rings. The minimum atomic E-state index is -0.362. The molecule has 1 nitrogen and oxygen atoms in total. The van der Waals surface area contributed by atoms with Crippen LogP contribution in [0.5, 0.6) is 0 Å². The molecule has 1 atom stereocenters. The van der Waals surface area contributed by atoms with Crippen molar-refractivity contribution >= 4 is 336 Å². The summed E-state index contributed by atoms with van der Waals surface area (Å²) in [7, 11) is 2.67. The second kappa shape index (κ2) is 11.6. The second-order valence-electron chi connectivity index (χ2n) is 33.5. The topological polar surface area (TPSA) is 3.24 Å². The highest BCUT2D eigenvalue weighted by molar-refractivity contribution is 7.28. The molecule has 1 saturated heterocycles. The minimum absolute atomic E-state index is 0.141. The maximum Gasteiger partial charge on any atom is 0.0591 e. The summed E-state index contributed by atoms with van der Waals surface area (Å²) in [4.78, 5) is 13.5. The molecule has 5 aliphatic rings. The lowest BCUT2D eigenvalue weighted by Crippen LogP contribution is -2.51. The van der Waals surface area contributed by atoms with Gasteiger partial charge in [-0.25, -0.2) is 0 Å². The van der Waals surface area contributed by atoms with Crippen LogP contribution in [0.15, 0.2) is 41.8 Å². The van der Waals surface area contributed by atoms with Crippen LogP contribution in [0.2, 0.25) is 0 Å². The fourth-order valence-corrected chi connectivity index (χ4v) is 34.7. The summed E-state index contributed by atoms with van der Waals surface area (Å²) < 4.78 is 0. The quantitative estimate of drug-likeness (QED) is 0.0775. The predicted octanol–water partition coefficient (Wildman–Crippen LogP) is 27.5. The Labute approximate surface area is 554 Å². The van der Waals surface area contributed by atoms with Crippen molar-refractivity contribution in [3.05, 3.63) is 80.0 Å². The van der Waals surface area contributed by atoms with Crippen molar-refractivity contribution < 1.29 is 0 Å². The maximum atomic E-state index is 3.07. The summed E-state index contributed by atoms with van der Waals surface area (Å²) >= 11 is 8.31. The van der Waals surface area contributed by atoms with E-state index >= 15 is 0 Å². The number of hydrogen-bond donors (Lipinski definition) is 0. The fourth-order valence-electron chi connectivity index (χ4n) is 29.9. The summed E-state index contributed by atoms with van der Waals surface area (Å²) in [5.74, 6) is 0. The van der Waals surface area contributed by atoms with E-state index in [2.05, 4.69) is 90.2 Å². The Hall–Kier alpha value is -8.78. The Morgan fingerprint density at radius 1 is 0.312 bits per heavy atom. The number of likely N-dealkylation sites (tertiary alicyclic amines) is 1. The van der Waals surface area contributed by atoms with E-state index in [0.717, 1.165) is 13.0 Å².